The Morgan fingerprint density at radius 1 is 1.17 bits per heavy atom. The van der Waals surface area contributed by atoms with Crippen molar-refractivity contribution < 1.29 is 14.3 Å². The summed E-state index contributed by atoms with van der Waals surface area (Å²) in [6.45, 7) is 6.22. The van der Waals surface area contributed by atoms with Gasteiger partial charge in [-0.15, -0.1) is 0 Å². The summed E-state index contributed by atoms with van der Waals surface area (Å²) in [5.41, 5.74) is 1.54. The molecular weight excluding hydrogens is 294 g/mol. The highest BCUT2D eigenvalue weighted by molar-refractivity contribution is 6.04. The maximum Gasteiger partial charge on any atom is 0.256 e. The lowest BCUT2D eigenvalue weighted by Crippen LogP contribution is -2.22. The lowest BCUT2D eigenvalue weighted by molar-refractivity contribution is 0.102. The van der Waals surface area contributed by atoms with Gasteiger partial charge in [-0.05, 0) is 44.2 Å². The van der Waals surface area contributed by atoms with E-state index in [0.717, 1.165) is 18.8 Å². The molecule has 6 nitrogen and oxygen atoms in total. The minimum Gasteiger partial charge on any atom is -0.454 e. The molecule has 0 atom stereocenters. The van der Waals surface area contributed by atoms with Crippen molar-refractivity contribution in [2.24, 2.45) is 0 Å². The Hall–Kier alpha value is -2.76. The number of hydrogen-bond donors (Lipinski definition) is 1. The van der Waals surface area contributed by atoms with Gasteiger partial charge in [0.25, 0.3) is 5.91 Å². The molecule has 0 saturated heterocycles. The van der Waals surface area contributed by atoms with Gasteiger partial charge < -0.3 is 19.7 Å². The van der Waals surface area contributed by atoms with Crippen molar-refractivity contribution in [2.75, 3.05) is 30.1 Å². The SMILES string of the molecule is CCN(CC)c1ccc(NC(=O)c2ccc3c(c2)OCO3)nc1. The molecule has 3 rings (SSSR count). The number of carbonyl (C=O) groups is 1. The quantitative estimate of drug-likeness (QED) is 0.919. The summed E-state index contributed by atoms with van der Waals surface area (Å²) in [7, 11) is 0. The van der Waals surface area contributed by atoms with Gasteiger partial charge in [-0.1, -0.05) is 0 Å². The van der Waals surface area contributed by atoms with E-state index in [1.165, 1.54) is 0 Å². The van der Waals surface area contributed by atoms with Crippen molar-refractivity contribution in [1.82, 2.24) is 4.98 Å². The molecule has 0 fully saturated rings. The smallest absolute Gasteiger partial charge is 0.256 e. The number of anilines is 2. The van der Waals surface area contributed by atoms with Crippen LogP contribution in [0.1, 0.15) is 24.2 Å². The van der Waals surface area contributed by atoms with Crippen LogP contribution in [-0.4, -0.2) is 30.8 Å². The Kier molecular flexibility index (Phi) is 4.32. The fourth-order valence-corrected chi connectivity index (χ4v) is 2.46. The van der Waals surface area contributed by atoms with Crippen LogP contribution in [0.25, 0.3) is 0 Å². The summed E-state index contributed by atoms with van der Waals surface area (Å²) in [6, 6.07) is 8.86. The molecule has 6 heteroatoms. The van der Waals surface area contributed by atoms with Crippen LogP contribution in [-0.2, 0) is 0 Å². The van der Waals surface area contributed by atoms with Crippen molar-refractivity contribution in [2.45, 2.75) is 13.8 Å². The first-order chi connectivity index (χ1) is 11.2. The van der Waals surface area contributed by atoms with Gasteiger partial charge in [-0.3, -0.25) is 4.79 Å². The summed E-state index contributed by atoms with van der Waals surface area (Å²) in [5, 5.41) is 2.79. The maximum atomic E-state index is 12.3. The lowest BCUT2D eigenvalue weighted by Gasteiger charge is -2.20. The normalized spacial score (nSPS) is 12.1. The second kappa shape index (κ2) is 6.56. The number of benzene rings is 1. The zero-order chi connectivity index (χ0) is 16.2. The third-order valence-electron chi connectivity index (χ3n) is 3.75. The van der Waals surface area contributed by atoms with E-state index in [1.54, 1.807) is 30.5 Å². The third-order valence-corrected chi connectivity index (χ3v) is 3.75. The van der Waals surface area contributed by atoms with Gasteiger partial charge in [0.05, 0.1) is 11.9 Å². The van der Waals surface area contributed by atoms with Gasteiger partial charge in [-0.2, -0.15) is 0 Å². The van der Waals surface area contributed by atoms with E-state index in [2.05, 4.69) is 29.0 Å². The first-order valence-electron chi connectivity index (χ1n) is 7.63. The number of carbonyl (C=O) groups excluding carboxylic acids is 1. The standard InChI is InChI=1S/C17H19N3O3/c1-3-20(4-2)13-6-8-16(18-10-13)19-17(21)12-5-7-14-15(9-12)23-11-22-14/h5-10H,3-4,11H2,1-2H3,(H,18,19,21). The van der Waals surface area contributed by atoms with Crippen molar-refractivity contribution in [3.63, 3.8) is 0 Å². The molecule has 0 unspecified atom stereocenters. The molecule has 0 radical (unpaired) electrons. The first-order valence-corrected chi connectivity index (χ1v) is 7.63. The van der Waals surface area contributed by atoms with Gasteiger partial charge in [0.2, 0.25) is 6.79 Å². The molecule has 1 aromatic heterocycles. The van der Waals surface area contributed by atoms with Crippen LogP contribution in [0.15, 0.2) is 36.5 Å². The first kappa shape index (κ1) is 15.1. The highest BCUT2D eigenvalue weighted by Crippen LogP contribution is 2.32. The van der Waals surface area contributed by atoms with Gasteiger partial charge in [0.15, 0.2) is 11.5 Å². The van der Waals surface area contributed by atoms with Crippen molar-refractivity contribution in [3.05, 3.63) is 42.1 Å². The van der Waals surface area contributed by atoms with Gasteiger partial charge in [-0.25, -0.2) is 4.98 Å². The summed E-state index contributed by atoms with van der Waals surface area (Å²) in [4.78, 5) is 18.8. The molecule has 120 valence electrons. The lowest BCUT2D eigenvalue weighted by atomic mass is 10.2. The van der Waals surface area contributed by atoms with E-state index in [1.807, 2.05) is 6.07 Å². The second-order valence-corrected chi connectivity index (χ2v) is 5.10. The van der Waals surface area contributed by atoms with E-state index in [-0.39, 0.29) is 12.7 Å². The van der Waals surface area contributed by atoms with Crippen LogP contribution in [0.5, 0.6) is 11.5 Å². The number of aromatic nitrogens is 1. The van der Waals surface area contributed by atoms with Crippen LogP contribution >= 0.6 is 0 Å². The van der Waals surface area contributed by atoms with Gasteiger partial charge in [0, 0.05) is 18.7 Å². The fourth-order valence-electron chi connectivity index (χ4n) is 2.46. The topological polar surface area (TPSA) is 63.7 Å². The Morgan fingerprint density at radius 2 is 1.96 bits per heavy atom. The Bertz CT molecular complexity index is 697. The molecule has 0 saturated carbocycles. The highest BCUT2D eigenvalue weighted by atomic mass is 16.7. The van der Waals surface area contributed by atoms with Crippen molar-refractivity contribution in [1.29, 1.82) is 0 Å². The molecule has 1 amide bonds. The van der Waals surface area contributed by atoms with Crippen LogP contribution in [0.2, 0.25) is 0 Å². The van der Waals surface area contributed by atoms with Crippen LogP contribution in [0.4, 0.5) is 11.5 Å². The number of ether oxygens (including phenoxy) is 2. The molecule has 1 N–H and O–H groups in total. The van der Waals surface area contributed by atoms with Crippen LogP contribution < -0.4 is 19.7 Å². The molecule has 2 aromatic rings. The molecule has 1 aliphatic rings. The number of pyridine rings is 1. The molecule has 1 aliphatic heterocycles. The number of fused-ring (bicyclic) bond motifs is 1. The number of hydrogen-bond acceptors (Lipinski definition) is 5. The molecule has 0 spiro atoms. The largest absolute Gasteiger partial charge is 0.454 e. The second-order valence-electron chi connectivity index (χ2n) is 5.10. The monoisotopic (exact) mass is 313 g/mol. The average Bonchev–Trinajstić information content (AvgIpc) is 3.05. The molecule has 1 aromatic carbocycles. The van der Waals surface area contributed by atoms with Gasteiger partial charge >= 0.3 is 0 Å². The van der Waals surface area contributed by atoms with Crippen LogP contribution in [0.3, 0.4) is 0 Å². The minimum absolute atomic E-state index is 0.189. The summed E-state index contributed by atoms with van der Waals surface area (Å²) >= 11 is 0. The molecule has 0 bridgehead atoms. The van der Waals surface area contributed by atoms with E-state index in [4.69, 9.17) is 9.47 Å². The van der Waals surface area contributed by atoms with E-state index >= 15 is 0 Å². The third kappa shape index (κ3) is 3.21. The predicted molar refractivity (Wildman–Crippen MR) is 88.3 cm³/mol. The van der Waals surface area contributed by atoms with E-state index in [9.17, 15) is 4.79 Å². The van der Waals surface area contributed by atoms with E-state index < -0.39 is 0 Å². The fraction of sp³-hybridized carbons (Fsp3) is 0.294. The van der Waals surface area contributed by atoms with Gasteiger partial charge in [0.1, 0.15) is 5.82 Å². The Balaban J connectivity index is 1.70. The molecular formula is C17H19N3O3. The summed E-state index contributed by atoms with van der Waals surface area (Å²) in [6.07, 6.45) is 1.77. The Labute approximate surface area is 135 Å². The van der Waals surface area contributed by atoms with Crippen molar-refractivity contribution >= 4 is 17.4 Å². The Morgan fingerprint density at radius 3 is 2.65 bits per heavy atom. The number of nitrogens with one attached hydrogen (secondary N) is 1. The summed E-state index contributed by atoms with van der Waals surface area (Å²) < 4.78 is 10.5. The number of rotatable bonds is 5. The number of amides is 1. The molecule has 0 aliphatic carbocycles. The highest BCUT2D eigenvalue weighted by Gasteiger charge is 2.16. The summed E-state index contributed by atoms with van der Waals surface area (Å²) in [5.74, 6) is 1.53. The van der Waals surface area contributed by atoms with Crippen molar-refractivity contribution in [3.8, 4) is 11.5 Å². The minimum atomic E-state index is -0.230. The molecule has 2 heterocycles. The van der Waals surface area contributed by atoms with Crippen LogP contribution in [0, 0.1) is 0 Å². The average molecular weight is 313 g/mol. The maximum absolute atomic E-state index is 12.3. The molecule has 23 heavy (non-hydrogen) atoms. The van der Waals surface area contributed by atoms with E-state index in [0.29, 0.717) is 22.9 Å². The zero-order valence-corrected chi connectivity index (χ0v) is 13.2. The predicted octanol–water partition coefficient (Wildman–Crippen LogP) is 2.91. The zero-order valence-electron chi connectivity index (χ0n) is 13.2. The number of nitrogens with zero attached hydrogens (tertiary/aromatic N) is 2.